The largest absolute Gasteiger partial charge is 0.495 e. The topological polar surface area (TPSA) is 131 Å². The van der Waals surface area contributed by atoms with E-state index in [0.717, 1.165) is 24.9 Å². The average molecular weight is 489 g/mol. The minimum absolute atomic E-state index is 0.101. The number of methoxy groups -OCH3 is 1. The van der Waals surface area contributed by atoms with E-state index < -0.39 is 15.9 Å². The molecular weight excluding hydrogens is 456 g/mol. The van der Waals surface area contributed by atoms with Crippen LogP contribution in [0.4, 0.5) is 5.69 Å². The molecule has 9 nitrogen and oxygen atoms in total. The smallest absolute Gasteiger partial charge is 0.255 e. The van der Waals surface area contributed by atoms with Crippen LogP contribution in [0.2, 0.25) is 0 Å². The molecule has 10 heteroatoms. The zero-order valence-electron chi connectivity index (χ0n) is 19.7. The van der Waals surface area contributed by atoms with Crippen LogP contribution in [-0.4, -0.2) is 51.4 Å². The molecule has 1 saturated heterocycles. The van der Waals surface area contributed by atoms with Crippen molar-refractivity contribution in [1.29, 1.82) is 0 Å². The molecule has 1 atom stereocenters. The fourth-order valence-corrected chi connectivity index (χ4v) is 5.49. The lowest BCUT2D eigenvalue weighted by molar-refractivity contribution is -0.123. The summed E-state index contributed by atoms with van der Waals surface area (Å²) in [5, 5.41) is 2.89. The van der Waals surface area contributed by atoms with Crippen LogP contribution in [0.3, 0.4) is 0 Å². The fourth-order valence-electron chi connectivity index (χ4n) is 4.05. The van der Waals surface area contributed by atoms with E-state index in [2.05, 4.69) is 14.9 Å². The van der Waals surface area contributed by atoms with Gasteiger partial charge in [0.25, 0.3) is 5.91 Å². The summed E-state index contributed by atoms with van der Waals surface area (Å²) in [5.74, 6) is -0.748. The molecule has 0 spiro atoms. The van der Waals surface area contributed by atoms with Crippen molar-refractivity contribution in [2.75, 3.05) is 25.5 Å². The van der Waals surface area contributed by atoms with Crippen molar-refractivity contribution in [2.24, 2.45) is 11.7 Å². The number of amides is 2. The molecule has 0 aromatic heterocycles. The van der Waals surface area contributed by atoms with Gasteiger partial charge in [0, 0.05) is 30.4 Å². The van der Waals surface area contributed by atoms with Crippen LogP contribution in [0.25, 0.3) is 0 Å². The summed E-state index contributed by atoms with van der Waals surface area (Å²) in [5.41, 5.74) is 7.19. The Kier molecular flexibility index (Phi) is 8.29. The number of piperidine rings is 1. The number of anilines is 1. The normalized spacial score (nSPS) is 16.9. The van der Waals surface area contributed by atoms with Crippen molar-refractivity contribution in [1.82, 2.24) is 9.62 Å². The van der Waals surface area contributed by atoms with Gasteiger partial charge >= 0.3 is 0 Å². The van der Waals surface area contributed by atoms with Crippen LogP contribution >= 0.6 is 0 Å². The van der Waals surface area contributed by atoms with Crippen molar-refractivity contribution in [3.8, 4) is 5.75 Å². The van der Waals surface area contributed by atoms with Gasteiger partial charge in [0.05, 0.1) is 13.0 Å². The van der Waals surface area contributed by atoms with Crippen LogP contribution in [-0.2, 0) is 21.4 Å². The van der Waals surface area contributed by atoms with E-state index >= 15 is 0 Å². The summed E-state index contributed by atoms with van der Waals surface area (Å²) in [6.07, 6.45) is 1.67. The summed E-state index contributed by atoms with van der Waals surface area (Å²) in [6.45, 7) is 5.41. The zero-order chi connectivity index (χ0) is 24.9. The lowest BCUT2D eigenvalue weighted by atomic mass is 9.97. The van der Waals surface area contributed by atoms with Gasteiger partial charge in [-0.3, -0.25) is 14.5 Å². The van der Waals surface area contributed by atoms with E-state index in [1.165, 1.54) is 25.3 Å². The molecule has 1 fully saturated rings. The molecule has 1 aliphatic heterocycles. The molecule has 0 radical (unpaired) electrons. The second-order valence-electron chi connectivity index (χ2n) is 8.73. The molecule has 3 rings (SSSR count). The summed E-state index contributed by atoms with van der Waals surface area (Å²) in [4.78, 5) is 26.7. The SMILES string of the molecule is COc1ccc(C(=O)Nc2ccccc2CN2CCCC(C(N)=O)C2)cc1S(=O)(=O)NC(C)C. The monoisotopic (exact) mass is 488 g/mol. The Morgan fingerprint density at radius 1 is 1.21 bits per heavy atom. The Labute approximate surface area is 200 Å². The van der Waals surface area contributed by atoms with Gasteiger partial charge in [-0.15, -0.1) is 0 Å². The standard InChI is InChI=1S/C24H32N4O5S/c1-16(2)27-34(31,32)22-13-17(10-11-21(22)33-3)24(30)26-20-9-5-4-7-18(20)14-28-12-6-8-19(15-28)23(25)29/h4-5,7,9-11,13,16,19,27H,6,8,12,14-15H2,1-3H3,(H2,25,29)(H,26,30). The minimum atomic E-state index is -3.87. The van der Waals surface area contributed by atoms with E-state index in [9.17, 15) is 18.0 Å². The van der Waals surface area contributed by atoms with Gasteiger partial charge in [-0.1, -0.05) is 18.2 Å². The molecule has 2 aromatic rings. The predicted octanol–water partition coefficient (Wildman–Crippen LogP) is 2.33. The number of carbonyl (C=O) groups is 2. The third kappa shape index (κ3) is 6.34. The second kappa shape index (κ2) is 11.0. The maximum absolute atomic E-state index is 13.1. The maximum atomic E-state index is 13.1. The number of benzene rings is 2. The Hall–Kier alpha value is -2.95. The van der Waals surface area contributed by atoms with Crippen LogP contribution in [0.15, 0.2) is 47.4 Å². The van der Waals surface area contributed by atoms with E-state index in [-0.39, 0.29) is 34.1 Å². The van der Waals surface area contributed by atoms with Crippen molar-refractivity contribution >= 4 is 27.5 Å². The lowest BCUT2D eigenvalue weighted by Crippen LogP contribution is -2.40. The molecule has 1 unspecified atom stereocenters. The van der Waals surface area contributed by atoms with Gasteiger partial charge in [-0.25, -0.2) is 13.1 Å². The Morgan fingerprint density at radius 3 is 2.62 bits per heavy atom. The Bertz CT molecular complexity index is 1150. The first-order valence-corrected chi connectivity index (χ1v) is 12.7. The number of nitrogens with two attached hydrogens (primary N) is 1. The third-order valence-corrected chi connectivity index (χ3v) is 7.35. The summed E-state index contributed by atoms with van der Waals surface area (Å²) < 4.78 is 33.2. The van der Waals surface area contributed by atoms with Crippen molar-refractivity contribution in [2.45, 2.75) is 44.2 Å². The van der Waals surface area contributed by atoms with E-state index in [1.807, 2.05) is 18.2 Å². The van der Waals surface area contributed by atoms with Crippen LogP contribution in [0, 0.1) is 5.92 Å². The van der Waals surface area contributed by atoms with Crippen LogP contribution in [0.1, 0.15) is 42.6 Å². The first-order chi connectivity index (χ1) is 16.1. The average Bonchev–Trinajstić information content (AvgIpc) is 2.79. The Morgan fingerprint density at radius 2 is 1.94 bits per heavy atom. The molecular formula is C24H32N4O5S. The number of nitrogens with zero attached hydrogens (tertiary/aromatic N) is 1. The molecule has 0 bridgehead atoms. The first-order valence-electron chi connectivity index (χ1n) is 11.2. The zero-order valence-corrected chi connectivity index (χ0v) is 20.5. The number of likely N-dealkylation sites (tertiary alicyclic amines) is 1. The number of sulfonamides is 1. The van der Waals surface area contributed by atoms with Crippen molar-refractivity contribution in [3.05, 3.63) is 53.6 Å². The number of rotatable bonds is 9. The summed E-state index contributed by atoms with van der Waals surface area (Å²) in [7, 11) is -2.49. The molecule has 0 aliphatic carbocycles. The number of ether oxygens (including phenoxy) is 1. The highest BCUT2D eigenvalue weighted by Gasteiger charge is 2.25. The van der Waals surface area contributed by atoms with Crippen molar-refractivity contribution in [3.63, 3.8) is 0 Å². The molecule has 184 valence electrons. The molecule has 4 N–H and O–H groups in total. The molecule has 2 aromatic carbocycles. The third-order valence-electron chi connectivity index (χ3n) is 5.67. The predicted molar refractivity (Wildman–Crippen MR) is 130 cm³/mol. The van der Waals surface area contributed by atoms with Crippen LogP contribution in [0.5, 0.6) is 5.75 Å². The highest BCUT2D eigenvalue weighted by atomic mass is 32.2. The second-order valence-corrected chi connectivity index (χ2v) is 10.4. The van der Waals surface area contributed by atoms with Gasteiger partial charge < -0.3 is 15.8 Å². The highest BCUT2D eigenvalue weighted by Crippen LogP contribution is 2.27. The number of primary amides is 1. The molecule has 2 amide bonds. The maximum Gasteiger partial charge on any atom is 0.255 e. The Balaban J connectivity index is 1.81. The quantitative estimate of drug-likeness (QED) is 0.497. The number of carbonyl (C=O) groups excluding carboxylic acids is 2. The van der Waals surface area contributed by atoms with Crippen molar-refractivity contribution < 1.29 is 22.7 Å². The van der Waals surface area contributed by atoms with Gasteiger partial charge in [-0.05, 0) is 63.1 Å². The lowest BCUT2D eigenvalue weighted by Gasteiger charge is -2.31. The summed E-state index contributed by atoms with van der Waals surface area (Å²) in [6, 6.07) is 11.4. The van der Waals surface area contributed by atoms with Gasteiger partial charge in [0.1, 0.15) is 10.6 Å². The number of hydrogen-bond donors (Lipinski definition) is 3. The molecule has 0 saturated carbocycles. The number of nitrogens with one attached hydrogen (secondary N) is 2. The summed E-state index contributed by atoms with van der Waals surface area (Å²) >= 11 is 0. The van der Waals surface area contributed by atoms with Gasteiger partial charge in [0.2, 0.25) is 15.9 Å². The van der Waals surface area contributed by atoms with Gasteiger partial charge in [-0.2, -0.15) is 0 Å². The molecule has 34 heavy (non-hydrogen) atoms. The fraction of sp³-hybridized carbons (Fsp3) is 0.417. The highest BCUT2D eigenvalue weighted by molar-refractivity contribution is 7.89. The van der Waals surface area contributed by atoms with Crippen LogP contribution < -0.4 is 20.5 Å². The number of hydrogen-bond acceptors (Lipinski definition) is 6. The van der Waals surface area contributed by atoms with Gasteiger partial charge in [0.15, 0.2) is 0 Å². The number of para-hydroxylation sites is 1. The molecule has 1 aliphatic rings. The van der Waals surface area contributed by atoms with E-state index in [1.54, 1.807) is 19.9 Å². The van der Waals surface area contributed by atoms with E-state index in [0.29, 0.717) is 18.8 Å². The van der Waals surface area contributed by atoms with E-state index in [4.69, 9.17) is 10.5 Å². The molecule has 1 heterocycles. The minimum Gasteiger partial charge on any atom is -0.495 e. The first kappa shape index (κ1) is 25.7.